The van der Waals surface area contributed by atoms with Gasteiger partial charge in [0.25, 0.3) is 5.92 Å². The molecule has 1 aromatic rings. The molecule has 0 aromatic heterocycles. The van der Waals surface area contributed by atoms with E-state index in [1.165, 1.54) is 12.1 Å². The molecule has 2 heterocycles. The zero-order chi connectivity index (χ0) is 17.2. The number of carbonyl (C=O) groups excluding carboxylic acids is 1. The Hall–Kier alpha value is -1.56. The Morgan fingerprint density at radius 1 is 1.12 bits per heavy atom. The Morgan fingerprint density at radius 3 is 2.46 bits per heavy atom. The van der Waals surface area contributed by atoms with E-state index in [4.69, 9.17) is 0 Å². The van der Waals surface area contributed by atoms with E-state index in [-0.39, 0.29) is 43.6 Å². The van der Waals surface area contributed by atoms with Crippen LogP contribution < -0.4 is 0 Å². The quantitative estimate of drug-likeness (QED) is 0.843. The summed E-state index contributed by atoms with van der Waals surface area (Å²) in [6.45, 7) is 2.53. The van der Waals surface area contributed by atoms with Gasteiger partial charge >= 0.3 is 0 Å². The average molecular weight is 340 g/mol. The first-order valence-corrected chi connectivity index (χ1v) is 8.56. The van der Waals surface area contributed by atoms with E-state index in [2.05, 4.69) is 4.90 Å². The van der Waals surface area contributed by atoms with Crippen molar-refractivity contribution in [2.24, 2.45) is 5.92 Å². The van der Waals surface area contributed by atoms with Crippen molar-refractivity contribution in [2.45, 2.75) is 38.2 Å². The molecule has 0 radical (unpaired) electrons. The number of carbonyl (C=O) groups is 1. The Labute approximate surface area is 140 Å². The largest absolute Gasteiger partial charge is 0.342 e. The fourth-order valence-electron chi connectivity index (χ4n) is 3.56. The highest BCUT2D eigenvalue weighted by molar-refractivity contribution is 5.79. The van der Waals surface area contributed by atoms with Gasteiger partial charge in [-0.2, -0.15) is 0 Å². The molecule has 2 saturated heterocycles. The van der Waals surface area contributed by atoms with Crippen molar-refractivity contribution in [3.63, 3.8) is 0 Å². The molecule has 6 heteroatoms. The van der Waals surface area contributed by atoms with Crippen molar-refractivity contribution >= 4 is 5.91 Å². The number of rotatable bonds is 3. The van der Waals surface area contributed by atoms with Gasteiger partial charge in [0.1, 0.15) is 5.82 Å². The molecule has 24 heavy (non-hydrogen) atoms. The highest BCUT2D eigenvalue weighted by atomic mass is 19.3. The third kappa shape index (κ3) is 4.29. The zero-order valence-corrected chi connectivity index (χ0v) is 13.7. The summed E-state index contributed by atoms with van der Waals surface area (Å²) in [4.78, 5) is 16.4. The first kappa shape index (κ1) is 17.3. The zero-order valence-electron chi connectivity index (χ0n) is 13.7. The SMILES string of the molecule is O=C(C1CCCN(Cc2ccc(F)cc2)C1)N1CCC(F)(F)CC1. The summed E-state index contributed by atoms with van der Waals surface area (Å²) in [6, 6.07) is 6.40. The van der Waals surface area contributed by atoms with Crippen LogP contribution in [0.15, 0.2) is 24.3 Å². The summed E-state index contributed by atoms with van der Waals surface area (Å²) < 4.78 is 39.5. The first-order chi connectivity index (χ1) is 11.4. The molecule has 2 aliphatic heterocycles. The highest BCUT2D eigenvalue weighted by Crippen LogP contribution is 2.29. The number of nitrogens with zero attached hydrogens (tertiary/aromatic N) is 2. The van der Waals surface area contributed by atoms with Crippen LogP contribution >= 0.6 is 0 Å². The van der Waals surface area contributed by atoms with Crippen LogP contribution in [0.2, 0.25) is 0 Å². The van der Waals surface area contributed by atoms with Crippen LogP contribution in [0.25, 0.3) is 0 Å². The Bertz CT molecular complexity index is 566. The first-order valence-electron chi connectivity index (χ1n) is 8.56. The number of amides is 1. The maximum Gasteiger partial charge on any atom is 0.251 e. The summed E-state index contributed by atoms with van der Waals surface area (Å²) in [5.74, 6) is -3.00. The van der Waals surface area contributed by atoms with E-state index in [1.807, 2.05) is 0 Å². The standard InChI is InChI=1S/C18H23F3N2O/c19-16-5-3-14(4-6-16)12-22-9-1-2-15(13-22)17(24)23-10-7-18(20,21)8-11-23/h3-6,15H,1-2,7-13H2. The van der Waals surface area contributed by atoms with Gasteiger partial charge in [0, 0.05) is 39.0 Å². The van der Waals surface area contributed by atoms with Gasteiger partial charge in [-0.05, 0) is 37.1 Å². The molecule has 0 N–H and O–H groups in total. The van der Waals surface area contributed by atoms with Crippen molar-refractivity contribution in [2.75, 3.05) is 26.2 Å². The molecule has 0 saturated carbocycles. The van der Waals surface area contributed by atoms with Crippen LogP contribution in [0.1, 0.15) is 31.2 Å². The molecule has 1 amide bonds. The summed E-state index contributed by atoms with van der Waals surface area (Å²) >= 11 is 0. The van der Waals surface area contributed by atoms with E-state index in [0.29, 0.717) is 13.1 Å². The predicted molar refractivity (Wildman–Crippen MR) is 85.2 cm³/mol. The molecular formula is C18H23F3N2O. The molecular weight excluding hydrogens is 317 g/mol. The number of alkyl halides is 2. The van der Waals surface area contributed by atoms with E-state index < -0.39 is 5.92 Å². The number of piperidine rings is 2. The second-order valence-electron chi connectivity index (χ2n) is 6.88. The molecule has 0 bridgehead atoms. The van der Waals surface area contributed by atoms with Crippen LogP contribution in [-0.2, 0) is 11.3 Å². The molecule has 1 aromatic carbocycles. The molecule has 132 valence electrons. The van der Waals surface area contributed by atoms with Crippen molar-refractivity contribution < 1.29 is 18.0 Å². The lowest BCUT2D eigenvalue weighted by Gasteiger charge is -2.37. The Morgan fingerprint density at radius 2 is 1.79 bits per heavy atom. The van der Waals surface area contributed by atoms with Crippen molar-refractivity contribution in [3.05, 3.63) is 35.6 Å². The van der Waals surface area contributed by atoms with Gasteiger partial charge in [0.2, 0.25) is 5.91 Å². The van der Waals surface area contributed by atoms with Gasteiger partial charge < -0.3 is 4.90 Å². The summed E-state index contributed by atoms with van der Waals surface area (Å²) in [5, 5.41) is 0. The lowest BCUT2D eigenvalue weighted by Crippen LogP contribution is -2.48. The summed E-state index contributed by atoms with van der Waals surface area (Å²) in [7, 11) is 0. The summed E-state index contributed by atoms with van der Waals surface area (Å²) in [5.41, 5.74) is 1.02. The Balaban J connectivity index is 1.55. The maximum absolute atomic E-state index is 13.2. The second-order valence-corrected chi connectivity index (χ2v) is 6.88. The fourth-order valence-corrected chi connectivity index (χ4v) is 3.56. The van der Waals surface area contributed by atoms with E-state index in [9.17, 15) is 18.0 Å². The van der Waals surface area contributed by atoms with Gasteiger partial charge in [-0.15, -0.1) is 0 Å². The molecule has 0 aliphatic carbocycles. The second kappa shape index (κ2) is 7.13. The van der Waals surface area contributed by atoms with Crippen LogP contribution in [-0.4, -0.2) is 47.8 Å². The number of benzene rings is 1. The third-order valence-electron chi connectivity index (χ3n) is 4.98. The molecule has 2 fully saturated rings. The number of hydrogen-bond acceptors (Lipinski definition) is 2. The minimum absolute atomic E-state index is 0.00862. The van der Waals surface area contributed by atoms with E-state index >= 15 is 0 Å². The van der Waals surface area contributed by atoms with E-state index in [0.717, 1.165) is 24.9 Å². The average Bonchev–Trinajstić information content (AvgIpc) is 2.57. The van der Waals surface area contributed by atoms with Gasteiger partial charge in [0.05, 0.1) is 5.92 Å². The topological polar surface area (TPSA) is 23.6 Å². The predicted octanol–water partition coefficient (Wildman–Crippen LogP) is 3.30. The molecule has 1 unspecified atom stereocenters. The maximum atomic E-state index is 13.2. The number of hydrogen-bond donors (Lipinski definition) is 0. The fraction of sp³-hybridized carbons (Fsp3) is 0.611. The van der Waals surface area contributed by atoms with E-state index in [1.54, 1.807) is 17.0 Å². The molecule has 3 rings (SSSR count). The third-order valence-corrected chi connectivity index (χ3v) is 4.98. The number of likely N-dealkylation sites (tertiary alicyclic amines) is 2. The monoisotopic (exact) mass is 340 g/mol. The van der Waals surface area contributed by atoms with Crippen LogP contribution in [0.3, 0.4) is 0 Å². The van der Waals surface area contributed by atoms with Crippen LogP contribution in [0.5, 0.6) is 0 Å². The smallest absolute Gasteiger partial charge is 0.251 e. The minimum atomic E-state index is -2.63. The molecule has 3 nitrogen and oxygen atoms in total. The minimum Gasteiger partial charge on any atom is -0.342 e. The van der Waals surface area contributed by atoms with Crippen molar-refractivity contribution in [1.29, 1.82) is 0 Å². The highest BCUT2D eigenvalue weighted by Gasteiger charge is 2.38. The molecule has 0 spiro atoms. The van der Waals surface area contributed by atoms with Gasteiger partial charge in [0.15, 0.2) is 0 Å². The number of halogens is 3. The summed E-state index contributed by atoms with van der Waals surface area (Å²) in [6.07, 6.45) is 1.27. The molecule has 1 atom stereocenters. The van der Waals surface area contributed by atoms with Gasteiger partial charge in [-0.3, -0.25) is 9.69 Å². The van der Waals surface area contributed by atoms with Crippen molar-refractivity contribution in [1.82, 2.24) is 9.80 Å². The van der Waals surface area contributed by atoms with Crippen LogP contribution in [0.4, 0.5) is 13.2 Å². The van der Waals surface area contributed by atoms with Gasteiger partial charge in [-0.1, -0.05) is 12.1 Å². The lowest BCUT2D eigenvalue weighted by molar-refractivity contribution is -0.143. The normalized spacial score (nSPS) is 24.8. The Kier molecular flexibility index (Phi) is 5.13. The van der Waals surface area contributed by atoms with Crippen LogP contribution in [0, 0.1) is 11.7 Å². The van der Waals surface area contributed by atoms with Gasteiger partial charge in [-0.25, -0.2) is 13.2 Å². The van der Waals surface area contributed by atoms with Crippen molar-refractivity contribution in [3.8, 4) is 0 Å². The molecule has 2 aliphatic rings. The lowest BCUT2D eigenvalue weighted by atomic mass is 9.94.